The van der Waals surface area contributed by atoms with E-state index in [1.807, 2.05) is 18.3 Å². The van der Waals surface area contributed by atoms with Gasteiger partial charge in [0.15, 0.2) is 0 Å². The minimum absolute atomic E-state index is 0.0332. The largest absolute Gasteiger partial charge is 0.383 e. The number of carbonyl (C=O) groups is 1. The second kappa shape index (κ2) is 9.46. The number of rotatable bonds is 8. The maximum absolute atomic E-state index is 12.6. The van der Waals surface area contributed by atoms with Crippen molar-refractivity contribution in [2.75, 3.05) is 20.3 Å². The Bertz CT molecular complexity index is 968. The topological polar surface area (TPSA) is 54.1 Å². The molecule has 3 rings (SSSR count). The van der Waals surface area contributed by atoms with Crippen molar-refractivity contribution < 1.29 is 9.53 Å². The average Bonchev–Trinajstić information content (AvgIpc) is 3.12. The van der Waals surface area contributed by atoms with Crippen molar-refractivity contribution >= 4 is 40.0 Å². The minimum atomic E-state index is -0.141. The number of nitrogens with one attached hydrogen (secondary N) is 2. The molecule has 0 aliphatic carbocycles. The summed E-state index contributed by atoms with van der Waals surface area (Å²) in [5.74, 6) is -0.174. The number of amides is 1. The van der Waals surface area contributed by atoms with E-state index in [4.69, 9.17) is 27.9 Å². The summed E-state index contributed by atoms with van der Waals surface area (Å²) >= 11 is 12.4. The monoisotopic (exact) mass is 418 g/mol. The number of hydrogen-bond donors (Lipinski definition) is 2. The molecule has 0 unspecified atom stereocenters. The van der Waals surface area contributed by atoms with Crippen LogP contribution in [0.4, 0.5) is 0 Å². The van der Waals surface area contributed by atoms with Crippen molar-refractivity contribution in [2.45, 2.75) is 25.7 Å². The molecule has 0 aliphatic heterocycles. The van der Waals surface area contributed by atoms with Gasteiger partial charge >= 0.3 is 0 Å². The molecule has 1 atom stereocenters. The summed E-state index contributed by atoms with van der Waals surface area (Å²) in [4.78, 5) is 16.0. The second-order valence-electron chi connectivity index (χ2n) is 6.71. The molecule has 0 bridgehead atoms. The first-order chi connectivity index (χ1) is 13.5. The Labute approximate surface area is 175 Å². The molecule has 1 amide bonds. The van der Waals surface area contributed by atoms with E-state index in [2.05, 4.69) is 35.4 Å². The molecule has 0 saturated heterocycles. The molecule has 0 aliphatic rings. The van der Waals surface area contributed by atoms with Gasteiger partial charge in [0.2, 0.25) is 5.91 Å². The van der Waals surface area contributed by atoms with E-state index in [0.717, 1.165) is 28.5 Å². The Balaban J connectivity index is 2.01. The lowest BCUT2D eigenvalue weighted by molar-refractivity contribution is -0.121. The first-order valence-corrected chi connectivity index (χ1v) is 10.1. The third-order valence-corrected chi connectivity index (χ3v) is 5.69. The highest BCUT2D eigenvalue weighted by atomic mass is 35.5. The van der Waals surface area contributed by atoms with Gasteiger partial charge in [-0.05, 0) is 35.2 Å². The summed E-state index contributed by atoms with van der Waals surface area (Å²) in [6.07, 6.45) is 3.25. The van der Waals surface area contributed by atoms with Crippen molar-refractivity contribution in [3.63, 3.8) is 0 Å². The Morgan fingerprint density at radius 2 is 2.04 bits per heavy atom. The number of halogens is 2. The normalized spacial score (nSPS) is 12.3. The van der Waals surface area contributed by atoms with E-state index >= 15 is 0 Å². The predicted molar refractivity (Wildman–Crippen MR) is 115 cm³/mol. The van der Waals surface area contributed by atoms with Crippen LogP contribution < -0.4 is 5.32 Å². The second-order valence-corrected chi connectivity index (χ2v) is 7.52. The Morgan fingerprint density at radius 3 is 2.75 bits per heavy atom. The molecule has 1 aromatic heterocycles. The van der Waals surface area contributed by atoms with Crippen LogP contribution in [0, 0.1) is 0 Å². The summed E-state index contributed by atoms with van der Waals surface area (Å²) in [6.45, 7) is 3.10. The van der Waals surface area contributed by atoms with Gasteiger partial charge in [0, 0.05) is 43.1 Å². The quantitative estimate of drug-likeness (QED) is 0.486. The number of methoxy groups -OCH3 is 1. The highest BCUT2D eigenvalue weighted by Gasteiger charge is 2.22. The van der Waals surface area contributed by atoms with Gasteiger partial charge in [-0.1, -0.05) is 54.4 Å². The van der Waals surface area contributed by atoms with Gasteiger partial charge in [0.1, 0.15) is 0 Å². The zero-order valence-electron chi connectivity index (χ0n) is 16.0. The van der Waals surface area contributed by atoms with E-state index < -0.39 is 0 Å². The van der Waals surface area contributed by atoms with Gasteiger partial charge in [-0.15, -0.1) is 0 Å². The van der Waals surface area contributed by atoms with Gasteiger partial charge in [0.25, 0.3) is 0 Å². The van der Waals surface area contributed by atoms with Crippen LogP contribution in [0.5, 0.6) is 0 Å². The van der Waals surface area contributed by atoms with E-state index in [1.165, 1.54) is 5.56 Å². The molecule has 2 N–H and O–H groups in total. The van der Waals surface area contributed by atoms with Crippen LogP contribution in [0.3, 0.4) is 0 Å². The number of carbonyl (C=O) groups excluding carboxylic acids is 1. The Kier molecular flexibility index (Phi) is 7.00. The molecule has 0 fully saturated rings. The summed E-state index contributed by atoms with van der Waals surface area (Å²) < 4.78 is 5.01. The van der Waals surface area contributed by atoms with Crippen LogP contribution in [-0.2, 0) is 16.0 Å². The van der Waals surface area contributed by atoms with Crippen LogP contribution in [0.1, 0.15) is 36.0 Å². The van der Waals surface area contributed by atoms with Crippen molar-refractivity contribution in [1.82, 2.24) is 10.3 Å². The molecule has 0 saturated carbocycles. The number of fused-ring (bicyclic) bond motifs is 1. The molecular formula is C22H24Cl2N2O2. The third kappa shape index (κ3) is 4.52. The Morgan fingerprint density at radius 1 is 1.21 bits per heavy atom. The summed E-state index contributed by atoms with van der Waals surface area (Å²) in [7, 11) is 1.61. The molecule has 4 nitrogen and oxygen atoms in total. The summed E-state index contributed by atoms with van der Waals surface area (Å²) in [5.41, 5.74) is 4.40. The number of para-hydroxylation sites is 1. The molecular weight excluding hydrogens is 395 g/mol. The molecule has 6 heteroatoms. The van der Waals surface area contributed by atoms with Crippen LogP contribution in [0.25, 0.3) is 10.9 Å². The molecule has 0 radical (unpaired) electrons. The van der Waals surface area contributed by atoms with Gasteiger partial charge in [-0.2, -0.15) is 0 Å². The van der Waals surface area contributed by atoms with E-state index in [1.54, 1.807) is 13.2 Å². The highest BCUT2D eigenvalue weighted by molar-refractivity contribution is 6.42. The standard InChI is InChI=1S/C22H24Cl2N2O2/c1-3-14-5-4-6-16-18(13-26-22(14)16)17(12-21(27)25-9-10-28-2)15-7-8-19(23)20(24)11-15/h4-8,11,13,17,26H,3,9-10,12H2,1-2H3,(H,25,27)/t17-/m1/s1. The van der Waals surface area contributed by atoms with Crippen molar-refractivity contribution in [2.24, 2.45) is 0 Å². The number of aryl methyl sites for hydroxylation is 1. The van der Waals surface area contributed by atoms with Gasteiger partial charge < -0.3 is 15.0 Å². The third-order valence-electron chi connectivity index (χ3n) is 4.95. The number of aromatic nitrogens is 1. The van der Waals surface area contributed by atoms with Gasteiger partial charge in [-0.3, -0.25) is 4.79 Å². The SMILES string of the molecule is CCc1cccc2c([C@H](CC(=O)NCCOC)c3ccc(Cl)c(Cl)c3)c[nH]c12. The number of benzene rings is 2. The number of H-pyrrole nitrogens is 1. The fourth-order valence-corrected chi connectivity index (χ4v) is 3.81. The zero-order valence-corrected chi connectivity index (χ0v) is 17.5. The fourth-order valence-electron chi connectivity index (χ4n) is 3.51. The Hall–Kier alpha value is -2.01. The molecule has 0 spiro atoms. The minimum Gasteiger partial charge on any atom is -0.383 e. The molecule has 148 valence electrons. The average molecular weight is 419 g/mol. The van der Waals surface area contributed by atoms with Gasteiger partial charge in [0.05, 0.1) is 16.7 Å². The van der Waals surface area contributed by atoms with Crippen molar-refractivity contribution in [1.29, 1.82) is 0 Å². The van der Waals surface area contributed by atoms with Crippen molar-refractivity contribution in [3.8, 4) is 0 Å². The lowest BCUT2D eigenvalue weighted by Crippen LogP contribution is -2.28. The van der Waals surface area contributed by atoms with Crippen LogP contribution in [0.2, 0.25) is 10.0 Å². The molecule has 2 aromatic carbocycles. The molecule has 28 heavy (non-hydrogen) atoms. The lowest BCUT2D eigenvalue weighted by atomic mass is 9.87. The van der Waals surface area contributed by atoms with E-state index in [9.17, 15) is 4.79 Å². The van der Waals surface area contributed by atoms with E-state index in [-0.39, 0.29) is 11.8 Å². The van der Waals surface area contributed by atoms with Crippen LogP contribution >= 0.6 is 23.2 Å². The van der Waals surface area contributed by atoms with Gasteiger partial charge in [-0.25, -0.2) is 0 Å². The lowest BCUT2D eigenvalue weighted by Gasteiger charge is -2.18. The maximum Gasteiger partial charge on any atom is 0.221 e. The maximum atomic E-state index is 12.6. The summed E-state index contributed by atoms with van der Waals surface area (Å²) in [6, 6.07) is 11.8. The number of ether oxygens (including phenoxy) is 1. The number of hydrogen-bond acceptors (Lipinski definition) is 2. The number of aromatic amines is 1. The molecule has 3 aromatic rings. The first kappa shape index (κ1) is 20.7. The zero-order chi connectivity index (χ0) is 20.1. The first-order valence-electron chi connectivity index (χ1n) is 9.34. The molecule has 1 heterocycles. The fraction of sp³-hybridized carbons (Fsp3) is 0.318. The predicted octanol–water partition coefficient (Wildman–Crippen LogP) is 5.32. The highest BCUT2D eigenvalue weighted by Crippen LogP contribution is 2.36. The van der Waals surface area contributed by atoms with Crippen LogP contribution in [0.15, 0.2) is 42.6 Å². The summed E-state index contributed by atoms with van der Waals surface area (Å²) in [5, 5.41) is 5.02. The van der Waals surface area contributed by atoms with Crippen molar-refractivity contribution in [3.05, 3.63) is 69.3 Å². The van der Waals surface area contributed by atoms with Crippen LogP contribution in [-0.4, -0.2) is 31.2 Å². The van der Waals surface area contributed by atoms with E-state index in [0.29, 0.717) is 29.6 Å². The smallest absolute Gasteiger partial charge is 0.221 e.